The maximum atomic E-state index is 13.5. The number of ketones is 1. The van der Waals surface area contributed by atoms with Crippen molar-refractivity contribution in [1.82, 2.24) is 0 Å². The highest BCUT2D eigenvalue weighted by molar-refractivity contribution is 9.10. The number of carbonyl (C=O) groups is 1. The highest BCUT2D eigenvalue weighted by Crippen LogP contribution is 2.18. The van der Waals surface area contributed by atoms with Crippen LogP contribution in [0.25, 0.3) is 6.08 Å². The summed E-state index contributed by atoms with van der Waals surface area (Å²) in [6, 6.07) is 7.42. The molecule has 2 aromatic rings. The second-order valence-corrected chi connectivity index (χ2v) is 4.88. The Morgan fingerprint density at radius 3 is 2.25 bits per heavy atom. The van der Waals surface area contributed by atoms with Gasteiger partial charge in [0.2, 0.25) is 0 Å². The number of rotatable bonds is 3. The van der Waals surface area contributed by atoms with Crippen molar-refractivity contribution in [3.05, 3.63) is 75.5 Å². The van der Waals surface area contributed by atoms with Crippen LogP contribution >= 0.6 is 15.9 Å². The maximum absolute atomic E-state index is 13.5. The van der Waals surface area contributed by atoms with E-state index in [1.165, 1.54) is 24.3 Å². The molecule has 102 valence electrons. The SMILES string of the molecule is O=C(C=Cc1ccc(Br)cc1F)c1c(F)cccc1F. The third kappa shape index (κ3) is 3.17. The summed E-state index contributed by atoms with van der Waals surface area (Å²) in [5.41, 5.74) is -0.500. The topological polar surface area (TPSA) is 17.1 Å². The van der Waals surface area contributed by atoms with Crippen molar-refractivity contribution < 1.29 is 18.0 Å². The Hall–Kier alpha value is -1.88. The van der Waals surface area contributed by atoms with Gasteiger partial charge in [-0.25, -0.2) is 13.2 Å². The molecule has 0 aliphatic heterocycles. The monoisotopic (exact) mass is 340 g/mol. The fraction of sp³-hybridized carbons (Fsp3) is 0. The molecule has 0 aromatic heterocycles. The first kappa shape index (κ1) is 14.5. The molecular formula is C15H8BrF3O. The molecule has 0 aliphatic rings. The predicted molar refractivity (Wildman–Crippen MR) is 73.8 cm³/mol. The molecule has 0 aliphatic carbocycles. The lowest BCUT2D eigenvalue weighted by molar-refractivity contribution is 0.104. The summed E-state index contributed by atoms with van der Waals surface area (Å²) in [4.78, 5) is 11.7. The quantitative estimate of drug-likeness (QED) is 0.581. The van der Waals surface area contributed by atoms with Crippen LogP contribution in [0.2, 0.25) is 0 Å². The van der Waals surface area contributed by atoms with E-state index in [9.17, 15) is 18.0 Å². The van der Waals surface area contributed by atoms with E-state index in [4.69, 9.17) is 0 Å². The fourth-order valence-corrected chi connectivity index (χ4v) is 1.95. The lowest BCUT2D eigenvalue weighted by Gasteiger charge is -2.00. The first-order valence-corrected chi connectivity index (χ1v) is 6.40. The van der Waals surface area contributed by atoms with Crippen molar-refractivity contribution >= 4 is 27.8 Å². The third-order valence-corrected chi connectivity index (χ3v) is 3.08. The van der Waals surface area contributed by atoms with Crippen molar-refractivity contribution in [1.29, 1.82) is 0 Å². The molecule has 2 aromatic carbocycles. The van der Waals surface area contributed by atoms with E-state index in [0.29, 0.717) is 4.47 Å². The number of benzene rings is 2. The lowest BCUT2D eigenvalue weighted by Crippen LogP contribution is -2.02. The van der Waals surface area contributed by atoms with Crippen LogP contribution in [0.3, 0.4) is 0 Å². The van der Waals surface area contributed by atoms with Crippen molar-refractivity contribution in [2.45, 2.75) is 0 Å². The molecule has 0 unspecified atom stereocenters. The molecule has 0 heterocycles. The molecule has 0 radical (unpaired) electrons. The minimum atomic E-state index is -0.948. The molecule has 0 bridgehead atoms. The minimum absolute atomic E-state index is 0.151. The number of allylic oxidation sites excluding steroid dienone is 1. The van der Waals surface area contributed by atoms with Gasteiger partial charge in [-0.05, 0) is 36.4 Å². The zero-order valence-corrected chi connectivity index (χ0v) is 11.6. The molecule has 0 saturated carbocycles. The summed E-state index contributed by atoms with van der Waals surface area (Å²) in [5.74, 6) is -3.30. The van der Waals surface area contributed by atoms with Gasteiger partial charge in [-0.1, -0.05) is 28.1 Å². The summed E-state index contributed by atoms with van der Waals surface area (Å²) in [5, 5.41) is 0. The maximum Gasteiger partial charge on any atom is 0.191 e. The first-order valence-electron chi connectivity index (χ1n) is 5.60. The van der Waals surface area contributed by atoms with E-state index in [2.05, 4.69) is 15.9 Å². The lowest BCUT2D eigenvalue weighted by atomic mass is 10.1. The third-order valence-electron chi connectivity index (χ3n) is 2.59. The average Bonchev–Trinajstić information content (AvgIpc) is 2.37. The summed E-state index contributed by atoms with van der Waals surface area (Å²) >= 11 is 3.10. The normalized spacial score (nSPS) is 11.0. The van der Waals surface area contributed by atoms with Gasteiger partial charge in [0.15, 0.2) is 5.78 Å². The van der Waals surface area contributed by atoms with E-state index >= 15 is 0 Å². The molecule has 0 atom stereocenters. The Balaban J connectivity index is 2.30. The molecular weight excluding hydrogens is 333 g/mol. The Morgan fingerprint density at radius 2 is 1.65 bits per heavy atom. The van der Waals surface area contributed by atoms with Gasteiger partial charge >= 0.3 is 0 Å². The van der Waals surface area contributed by atoms with E-state index in [1.807, 2.05) is 0 Å². The van der Waals surface area contributed by atoms with Crippen molar-refractivity contribution in [2.24, 2.45) is 0 Å². The minimum Gasteiger partial charge on any atom is -0.289 e. The van der Waals surface area contributed by atoms with Gasteiger partial charge in [0, 0.05) is 10.0 Å². The van der Waals surface area contributed by atoms with Gasteiger partial charge in [0.25, 0.3) is 0 Å². The van der Waals surface area contributed by atoms with Gasteiger partial charge in [-0.3, -0.25) is 4.79 Å². The van der Waals surface area contributed by atoms with Crippen LogP contribution < -0.4 is 0 Å². The molecule has 5 heteroatoms. The molecule has 0 N–H and O–H groups in total. The largest absolute Gasteiger partial charge is 0.289 e. The number of carbonyl (C=O) groups excluding carboxylic acids is 1. The number of halogens is 4. The average molecular weight is 341 g/mol. The van der Waals surface area contributed by atoms with E-state index in [1.54, 1.807) is 6.07 Å². The Morgan fingerprint density at radius 1 is 1.00 bits per heavy atom. The molecule has 0 spiro atoms. The van der Waals surface area contributed by atoms with Crippen LogP contribution in [0.5, 0.6) is 0 Å². The van der Waals surface area contributed by atoms with Crippen LogP contribution in [0.15, 0.2) is 46.9 Å². The highest BCUT2D eigenvalue weighted by Gasteiger charge is 2.14. The molecule has 0 fully saturated rings. The summed E-state index contributed by atoms with van der Waals surface area (Å²) in [6.07, 6.45) is 2.11. The summed E-state index contributed by atoms with van der Waals surface area (Å²) in [6.45, 7) is 0. The molecule has 1 nitrogen and oxygen atoms in total. The number of hydrogen-bond acceptors (Lipinski definition) is 1. The Bertz CT molecular complexity index is 675. The first-order chi connectivity index (χ1) is 9.49. The molecule has 20 heavy (non-hydrogen) atoms. The second-order valence-electron chi connectivity index (χ2n) is 3.96. The van der Waals surface area contributed by atoms with Crippen molar-refractivity contribution in [3.8, 4) is 0 Å². The van der Waals surface area contributed by atoms with Crippen LogP contribution in [-0.4, -0.2) is 5.78 Å². The standard InChI is InChI=1S/C15H8BrF3O/c16-10-6-4-9(13(19)8-10)5-7-14(20)15-11(17)2-1-3-12(15)18/h1-8H. The van der Waals surface area contributed by atoms with Gasteiger partial charge in [0.05, 0.1) is 5.56 Å². The van der Waals surface area contributed by atoms with E-state index < -0.39 is 28.8 Å². The molecule has 0 amide bonds. The van der Waals surface area contributed by atoms with Crippen LogP contribution in [0, 0.1) is 17.5 Å². The van der Waals surface area contributed by atoms with Crippen molar-refractivity contribution in [2.75, 3.05) is 0 Å². The van der Waals surface area contributed by atoms with Crippen molar-refractivity contribution in [3.63, 3.8) is 0 Å². The highest BCUT2D eigenvalue weighted by atomic mass is 79.9. The Kier molecular flexibility index (Phi) is 4.39. The number of hydrogen-bond donors (Lipinski definition) is 0. The van der Waals surface area contributed by atoms with E-state index in [0.717, 1.165) is 18.2 Å². The van der Waals surface area contributed by atoms with E-state index in [-0.39, 0.29) is 5.56 Å². The van der Waals surface area contributed by atoms with Crippen LogP contribution in [-0.2, 0) is 0 Å². The zero-order chi connectivity index (χ0) is 14.7. The van der Waals surface area contributed by atoms with Gasteiger partial charge in [-0.2, -0.15) is 0 Å². The fourth-order valence-electron chi connectivity index (χ4n) is 1.62. The molecule has 2 rings (SSSR count). The van der Waals surface area contributed by atoms with Gasteiger partial charge < -0.3 is 0 Å². The summed E-state index contributed by atoms with van der Waals surface area (Å²) in [7, 11) is 0. The summed E-state index contributed by atoms with van der Waals surface area (Å²) < 4.78 is 40.8. The second kappa shape index (κ2) is 6.05. The smallest absolute Gasteiger partial charge is 0.191 e. The molecule has 0 saturated heterocycles. The van der Waals surface area contributed by atoms with Crippen LogP contribution in [0.4, 0.5) is 13.2 Å². The van der Waals surface area contributed by atoms with Crippen LogP contribution in [0.1, 0.15) is 15.9 Å². The Labute approximate surface area is 121 Å². The van der Waals surface area contributed by atoms with Gasteiger partial charge in [-0.15, -0.1) is 0 Å². The van der Waals surface area contributed by atoms with Gasteiger partial charge in [0.1, 0.15) is 17.5 Å². The predicted octanol–water partition coefficient (Wildman–Crippen LogP) is 4.76. The zero-order valence-electron chi connectivity index (χ0n) is 10.0.